The number of halogens is 1. The molecule has 0 amide bonds. The predicted octanol–water partition coefficient (Wildman–Crippen LogP) is 2.00. The van der Waals surface area contributed by atoms with Crippen molar-refractivity contribution < 1.29 is 4.52 Å². The van der Waals surface area contributed by atoms with E-state index in [1.807, 2.05) is 24.3 Å². The van der Waals surface area contributed by atoms with Crippen LogP contribution in [-0.2, 0) is 6.42 Å². The summed E-state index contributed by atoms with van der Waals surface area (Å²) in [5.41, 5.74) is 6.31. The standard InChI is InChI=1S/C10H10BrN3O/c11-8-3-1-7(2-4-8)10-13-9(5-6-12)14-15-10/h1-4H,5-6,12H2. The molecule has 0 spiro atoms. The normalized spacial score (nSPS) is 10.5. The van der Waals surface area contributed by atoms with E-state index >= 15 is 0 Å². The van der Waals surface area contributed by atoms with Crippen LogP contribution in [0.15, 0.2) is 33.3 Å². The smallest absolute Gasteiger partial charge is 0.257 e. The van der Waals surface area contributed by atoms with E-state index in [2.05, 4.69) is 26.1 Å². The van der Waals surface area contributed by atoms with Crippen LogP contribution in [0.2, 0.25) is 0 Å². The number of nitrogens with two attached hydrogens (primary N) is 1. The van der Waals surface area contributed by atoms with Gasteiger partial charge in [0.1, 0.15) is 0 Å². The van der Waals surface area contributed by atoms with E-state index in [0.717, 1.165) is 10.0 Å². The van der Waals surface area contributed by atoms with Gasteiger partial charge in [-0.05, 0) is 30.8 Å². The Morgan fingerprint density at radius 1 is 1.27 bits per heavy atom. The summed E-state index contributed by atoms with van der Waals surface area (Å²) in [4.78, 5) is 4.23. The molecule has 78 valence electrons. The monoisotopic (exact) mass is 267 g/mol. The molecule has 5 heteroatoms. The lowest BCUT2D eigenvalue weighted by Gasteiger charge is -1.93. The lowest BCUT2D eigenvalue weighted by Crippen LogP contribution is -2.03. The van der Waals surface area contributed by atoms with E-state index in [-0.39, 0.29) is 0 Å². The molecule has 4 nitrogen and oxygen atoms in total. The van der Waals surface area contributed by atoms with Crippen molar-refractivity contribution in [2.45, 2.75) is 6.42 Å². The van der Waals surface area contributed by atoms with Crippen LogP contribution in [0.25, 0.3) is 11.5 Å². The Morgan fingerprint density at radius 3 is 2.67 bits per heavy atom. The molecule has 2 N–H and O–H groups in total. The minimum Gasteiger partial charge on any atom is -0.334 e. The molecule has 0 fully saturated rings. The Labute approximate surface area is 95.6 Å². The molecule has 2 aromatic rings. The van der Waals surface area contributed by atoms with Gasteiger partial charge in [-0.1, -0.05) is 21.1 Å². The second kappa shape index (κ2) is 4.55. The predicted molar refractivity (Wildman–Crippen MR) is 60.2 cm³/mol. The minimum absolute atomic E-state index is 0.527. The van der Waals surface area contributed by atoms with Crippen LogP contribution in [-0.4, -0.2) is 16.7 Å². The lowest BCUT2D eigenvalue weighted by atomic mass is 10.2. The van der Waals surface area contributed by atoms with E-state index < -0.39 is 0 Å². The van der Waals surface area contributed by atoms with Gasteiger partial charge < -0.3 is 10.3 Å². The van der Waals surface area contributed by atoms with Gasteiger partial charge >= 0.3 is 0 Å². The maximum absolute atomic E-state index is 5.40. The van der Waals surface area contributed by atoms with Crippen molar-refractivity contribution in [3.63, 3.8) is 0 Å². The molecule has 1 aromatic heterocycles. The summed E-state index contributed by atoms with van der Waals surface area (Å²) in [5, 5.41) is 3.83. The van der Waals surface area contributed by atoms with Gasteiger partial charge in [-0.3, -0.25) is 0 Å². The minimum atomic E-state index is 0.527. The topological polar surface area (TPSA) is 64.9 Å². The average molecular weight is 268 g/mol. The van der Waals surface area contributed by atoms with Crippen molar-refractivity contribution >= 4 is 15.9 Å². The molecule has 2 rings (SSSR count). The second-order valence-electron chi connectivity index (χ2n) is 3.06. The fraction of sp³-hybridized carbons (Fsp3) is 0.200. The maximum Gasteiger partial charge on any atom is 0.257 e. The fourth-order valence-electron chi connectivity index (χ4n) is 1.19. The summed E-state index contributed by atoms with van der Waals surface area (Å²) in [6, 6.07) is 7.71. The Kier molecular flexibility index (Phi) is 3.13. The Hall–Kier alpha value is -1.20. The summed E-state index contributed by atoms with van der Waals surface area (Å²) in [5.74, 6) is 1.18. The van der Waals surface area contributed by atoms with Gasteiger partial charge in [0.15, 0.2) is 5.82 Å². The van der Waals surface area contributed by atoms with Crippen molar-refractivity contribution in [3.05, 3.63) is 34.6 Å². The van der Waals surface area contributed by atoms with Crippen LogP contribution in [0.4, 0.5) is 0 Å². The molecule has 0 aliphatic heterocycles. The quantitative estimate of drug-likeness (QED) is 0.924. The Bertz CT molecular complexity index is 438. The second-order valence-corrected chi connectivity index (χ2v) is 3.98. The summed E-state index contributed by atoms with van der Waals surface area (Å²) in [6.45, 7) is 0.527. The van der Waals surface area contributed by atoms with Gasteiger partial charge in [0.05, 0.1) is 0 Å². The molecule has 1 aromatic carbocycles. The summed E-state index contributed by atoms with van der Waals surface area (Å²) in [7, 11) is 0. The molecule has 1 heterocycles. The van der Waals surface area contributed by atoms with Crippen molar-refractivity contribution in [1.82, 2.24) is 10.1 Å². The molecule has 0 aliphatic carbocycles. The third kappa shape index (κ3) is 2.43. The van der Waals surface area contributed by atoms with E-state index in [0.29, 0.717) is 24.7 Å². The number of benzene rings is 1. The molecule has 0 radical (unpaired) electrons. The first-order chi connectivity index (χ1) is 7.29. The van der Waals surface area contributed by atoms with Crippen molar-refractivity contribution in [3.8, 4) is 11.5 Å². The van der Waals surface area contributed by atoms with Gasteiger partial charge in [-0.15, -0.1) is 0 Å². The Morgan fingerprint density at radius 2 is 2.00 bits per heavy atom. The zero-order valence-corrected chi connectivity index (χ0v) is 9.57. The third-order valence-electron chi connectivity index (χ3n) is 1.93. The van der Waals surface area contributed by atoms with Crippen LogP contribution in [0.3, 0.4) is 0 Å². The van der Waals surface area contributed by atoms with E-state index in [9.17, 15) is 0 Å². The molecular formula is C10H10BrN3O. The first-order valence-electron chi connectivity index (χ1n) is 4.58. The first-order valence-corrected chi connectivity index (χ1v) is 5.37. The molecule has 0 saturated heterocycles. The molecule has 0 unspecified atom stereocenters. The van der Waals surface area contributed by atoms with Gasteiger partial charge in [0.2, 0.25) is 0 Å². The fourth-order valence-corrected chi connectivity index (χ4v) is 1.46. The van der Waals surface area contributed by atoms with Crippen molar-refractivity contribution in [2.75, 3.05) is 6.54 Å². The largest absolute Gasteiger partial charge is 0.334 e. The first kappa shape index (κ1) is 10.3. The molecule has 15 heavy (non-hydrogen) atoms. The summed E-state index contributed by atoms with van der Waals surface area (Å²) >= 11 is 3.36. The van der Waals surface area contributed by atoms with Crippen LogP contribution < -0.4 is 5.73 Å². The number of hydrogen-bond acceptors (Lipinski definition) is 4. The third-order valence-corrected chi connectivity index (χ3v) is 2.46. The van der Waals surface area contributed by atoms with Crippen LogP contribution in [0.5, 0.6) is 0 Å². The summed E-state index contributed by atoms with van der Waals surface area (Å²) < 4.78 is 6.13. The van der Waals surface area contributed by atoms with Crippen LogP contribution in [0, 0.1) is 0 Å². The highest BCUT2D eigenvalue weighted by atomic mass is 79.9. The highest BCUT2D eigenvalue weighted by molar-refractivity contribution is 9.10. The van der Waals surface area contributed by atoms with Gasteiger partial charge in [-0.25, -0.2) is 0 Å². The van der Waals surface area contributed by atoms with Gasteiger partial charge in [-0.2, -0.15) is 4.98 Å². The van der Waals surface area contributed by atoms with Crippen LogP contribution >= 0.6 is 15.9 Å². The number of nitrogens with zero attached hydrogens (tertiary/aromatic N) is 2. The highest BCUT2D eigenvalue weighted by Crippen LogP contribution is 2.19. The zero-order valence-electron chi connectivity index (χ0n) is 7.98. The molecule has 0 aliphatic rings. The average Bonchev–Trinajstić information content (AvgIpc) is 2.68. The van der Waals surface area contributed by atoms with Crippen molar-refractivity contribution in [2.24, 2.45) is 5.73 Å². The van der Waals surface area contributed by atoms with Gasteiger partial charge in [0.25, 0.3) is 5.89 Å². The number of aromatic nitrogens is 2. The number of rotatable bonds is 3. The summed E-state index contributed by atoms with van der Waals surface area (Å²) in [6.07, 6.45) is 0.639. The molecular weight excluding hydrogens is 258 g/mol. The Balaban J connectivity index is 2.25. The SMILES string of the molecule is NCCc1noc(-c2ccc(Br)cc2)n1. The van der Waals surface area contributed by atoms with Crippen LogP contribution in [0.1, 0.15) is 5.82 Å². The van der Waals surface area contributed by atoms with Gasteiger partial charge in [0, 0.05) is 16.5 Å². The van der Waals surface area contributed by atoms with E-state index in [1.54, 1.807) is 0 Å². The maximum atomic E-state index is 5.40. The zero-order chi connectivity index (χ0) is 10.7. The molecule has 0 bridgehead atoms. The molecule has 0 atom stereocenters. The van der Waals surface area contributed by atoms with Crippen molar-refractivity contribution in [1.29, 1.82) is 0 Å². The van der Waals surface area contributed by atoms with E-state index in [1.165, 1.54) is 0 Å². The van der Waals surface area contributed by atoms with E-state index in [4.69, 9.17) is 10.3 Å². The lowest BCUT2D eigenvalue weighted by molar-refractivity contribution is 0.422. The highest BCUT2D eigenvalue weighted by Gasteiger charge is 2.07. The molecule has 0 saturated carbocycles. The number of hydrogen-bond donors (Lipinski definition) is 1.